The van der Waals surface area contributed by atoms with Crippen LogP contribution < -0.4 is 5.73 Å². The number of hydrogen-bond acceptors (Lipinski definition) is 2. The minimum atomic E-state index is -0.692. The van der Waals surface area contributed by atoms with E-state index in [-0.39, 0.29) is 17.1 Å². The minimum absolute atomic E-state index is 0.0619. The fraction of sp³-hybridized carbons (Fsp3) is 0.100. The lowest BCUT2D eigenvalue weighted by Crippen LogP contribution is -1.97. The molecule has 0 radical (unpaired) electrons. The molecule has 15 heavy (non-hydrogen) atoms. The molecular weight excluding hydrogens is 200 g/mol. The zero-order valence-corrected chi connectivity index (χ0v) is 8.04. The van der Waals surface area contributed by atoms with Gasteiger partial charge in [-0.1, -0.05) is 12.1 Å². The number of anilines is 1. The third kappa shape index (κ3) is 1.45. The van der Waals surface area contributed by atoms with Gasteiger partial charge in [-0.2, -0.15) is 5.10 Å². The monoisotopic (exact) mass is 209 g/mol. The maximum atomic E-state index is 13.5. The highest BCUT2D eigenvalue weighted by molar-refractivity contribution is 5.64. The van der Waals surface area contributed by atoms with Crippen LogP contribution in [-0.4, -0.2) is 9.78 Å². The second-order valence-corrected chi connectivity index (χ2v) is 3.15. The van der Waals surface area contributed by atoms with Crippen molar-refractivity contribution in [1.82, 2.24) is 9.78 Å². The van der Waals surface area contributed by atoms with E-state index < -0.39 is 11.6 Å². The zero-order valence-electron chi connectivity index (χ0n) is 8.04. The summed E-state index contributed by atoms with van der Waals surface area (Å²) in [6.45, 7) is 0. The van der Waals surface area contributed by atoms with E-state index in [1.54, 1.807) is 6.07 Å². The van der Waals surface area contributed by atoms with Gasteiger partial charge >= 0.3 is 0 Å². The third-order valence-corrected chi connectivity index (χ3v) is 2.16. The minimum Gasteiger partial charge on any atom is -0.381 e. The SMILES string of the molecule is Cn1nc(-c2ccccc2F)c(F)c1N. The standard InChI is InChI=1S/C10H9F2N3/c1-15-10(13)8(12)9(14-15)6-4-2-3-5-7(6)11/h2-5H,13H2,1H3. The van der Waals surface area contributed by atoms with E-state index in [9.17, 15) is 8.78 Å². The van der Waals surface area contributed by atoms with Crippen LogP contribution in [0.25, 0.3) is 11.3 Å². The van der Waals surface area contributed by atoms with Gasteiger partial charge in [0, 0.05) is 12.6 Å². The lowest BCUT2D eigenvalue weighted by molar-refractivity contribution is 0.618. The van der Waals surface area contributed by atoms with Crippen molar-refractivity contribution in [2.24, 2.45) is 7.05 Å². The fourth-order valence-corrected chi connectivity index (χ4v) is 1.34. The summed E-state index contributed by atoms with van der Waals surface area (Å²) in [5.74, 6) is -1.31. The quantitative estimate of drug-likeness (QED) is 0.780. The normalized spacial score (nSPS) is 10.6. The van der Waals surface area contributed by atoms with Crippen molar-refractivity contribution >= 4 is 5.82 Å². The first-order chi connectivity index (χ1) is 7.11. The highest BCUT2D eigenvalue weighted by atomic mass is 19.1. The van der Waals surface area contributed by atoms with Crippen molar-refractivity contribution in [2.75, 3.05) is 5.73 Å². The number of halogens is 2. The Bertz CT molecular complexity index is 505. The topological polar surface area (TPSA) is 43.8 Å². The van der Waals surface area contributed by atoms with Gasteiger partial charge in [-0.25, -0.2) is 13.5 Å². The Kier molecular flexibility index (Phi) is 2.15. The van der Waals surface area contributed by atoms with Gasteiger partial charge in [0.1, 0.15) is 11.5 Å². The summed E-state index contributed by atoms with van der Waals surface area (Å²) >= 11 is 0. The molecule has 0 bridgehead atoms. The summed E-state index contributed by atoms with van der Waals surface area (Å²) in [5, 5.41) is 3.82. The van der Waals surface area contributed by atoms with Crippen molar-refractivity contribution < 1.29 is 8.78 Å². The van der Waals surface area contributed by atoms with E-state index in [2.05, 4.69) is 5.10 Å². The molecule has 5 heteroatoms. The Labute approximate surface area is 85.1 Å². The van der Waals surface area contributed by atoms with Crippen molar-refractivity contribution in [3.05, 3.63) is 35.9 Å². The van der Waals surface area contributed by atoms with Crippen LogP contribution in [0, 0.1) is 11.6 Å². The van der Waals surface area contributed by atoms with Crippen molar-refractivity contribution in [1.29, 1.82) is 0 Å². The molecular formula is C10H9F2N3. The molecule has 0 fully saturated rings. The first-order valence-corrected chi connectivity index (χ1v) is 4.34. The summed E-state index contributed by atoms with van der Waals surface area (Å²) in [7, 11) is 1.50. The first-order valence-electron chi connectivity index (χ1n) is 4.34. The predicted molar refractivity (Wildman–Crippen MR) is 53.0 cm³/mol. The molecule has 0 aliphatic carbocycles. The van der Waals surface area contributed by atoms with Gasteiger partial charge in [0.05, 0.1) is 0 Å². The van der Waals surface area contributed by atoms with E-state index in [4.69, 9.17) is 5.73 Å². The van der Waals surface area contributed by atoms with Gasteiger partial charge in [0.2, 0.25) is 0 Å². The molecule has 78 valence electrons. The smallest absolute Gasteiger partial charge is 0.192 e. The zero-order chi connectivity index (χ0) is 11.0. The summed E-state index contributed by atoms with van der Waals surface area (Å²) in [6, 6.07) is 5.85. The van der Waals surface area contributed by atoms with Gasteiger partial charge in [-0.15, -0.1) is 0 Å². The highest BCUT2D eigenvalue weighted by Crippen LogP contribution is 2.26. The molecule has 1 heterocycles. The Morgan fingerprint density at radius 2 is 1.93 bits per heavy atom. The summed E-state index contributed by atoms with van der Waals surface area (Å²) < 4.78 is 28.0. The molecule has 0 saturated heterocycles. The summed E-state index contributed by atoms with van der Waals surface area (Å²) in [4.78, 5) is 0. The number of nitrogen functional groups attached to an aromatic ring is 1. The average Bonchev–Trinajstić information content (AvgIpc) is 2.47. The molecule has 3 nitrogen and oxygen atoms in total. The van der Waals surface area contributed by atoms with Crippen LogP contribution in [0.4, 0.5) is 14.6 Å². The Morgan fingerprint density at radius 3 is 2.47 bits per heavy atom. The molecule has 0 atom stereocenters. The molecule has 0 aliphatic rings. The third-order valence-electron chi connectivity index (χ3n) is 2.16. The molecule has 2 N–H and O–H groups in total. The van der Waals surface area contributed by atoms with Crippen molar-refractivity contribution in [2.45, 2.75) is 0 Å². The molecule has 0 amide bonds. The van der Waals surface area contributed by atoms with Crippen molar-refractivity contribution in [3.8, 4) is 11.3 Å². The van der Waals surface area contributed by atoms with Crippen LogP contribution in [0.1, 0.15) is 0 Å². The van der Waals surface area contributed by atoms with E-state index >= 15 is 0 Å². The van der Waals surface area contributed by atoms with Crippen LogP contribution in [0.2, 0.25) is 0 Å². The van der Waals surface area contributed by atoms with E-state index in [1.807, 2.05) is 0 Å². The number of nitrogens with zero attached hydrogens (tertiary/aromatic N) is 2. The molecule has 0 spiro atoms. The number of rotatable bonds is 1. The molecule has 0 aliphatic heterocycles. The summed E-state index contributed by atoms with van der Waals surface area (Å²) in [5.41, 5.74) is 5.44. The van der Waals surface area contributed by atoms with Gasteiger partial charge in [-0.05, 0) is 12.1 Å². The maximum absolute atomic E-state index is 13.5. The second kappa shape index (κ2) is 3.34. The number of aryl methyl sites for hydroxylation is 1. The predicted octanol–water partition coefficient (Wildman–Crippen LogP) is 1.95. The van der Waals surface area contributed by atoms with Crippen molar-refractivity contribution in [3.63, 3.8) is 0 Å². The molecule has 1 aromatic heterocycles. The van der Waals surface area contributed by atoms with Gasteiger partial charge in [-0.3, -0.25) is 0 Å². The molecule has 1 aromatic carbocycles. The Balaban J connectivity index is 2.65. The molecule has 0 saturated carbocycles. The van der Waals surface area contributed by atoms with Crippen LogP contribution in [0.3, 0.4) is 0 Å². The Morgan fingerprint density at radius 1 is 1.27 bits per heavy atom. The average molecular weight is 209 g/mol. The summed E-state index contributed by atoms with van der Waals surface area (Å²) in [6.07, 6.45) is 0. The fourth-order valence-electron chi connectivity index (χ4n) is 1.34. The highest BCUT2D eigenvalue weighted by Gasteiger charge is 2.17. The second-order valence-electron chi connectivity index (χ2n) is 3.15. The lowest BCUT2D eigenvalue weighted by atomic mass is 10.1. The molecule has 2 aromatic rings. The van der Waals surface area contributed by atoms with E-state index in [0.29, 0.717) is 0 Å². The lowest BCUT2D eigenvalue weighted by Gasteiger charge is -1.97. The van der Waals surface area contributed by atoms with Crippen LogP contribution in [-0.2, 0) is 7.05 Å². The largest absolute Gasteiger partial charge is 0.381 e. The number of hydrogen-bond donors (Lipinski definition) is 1. The van der Waals surface area contributed by atoms with Crippen LogP contribution in [0.5, 0.6) is 0 Å². The number of aromatic nitrogens is 2. The molecule has 2 rings (SSSR count). The number of benzene rings is 1. The van der Waals surface area contributed by atoms with Gasteiger partial charge in [0.25, 0.3) is 0 Å². The van der Waals surface area contributed by atoms with E-state index in [1.165, 1.54) is 29.9 Å². The van der Waals surface area contributed by atoms with Gasteiger partial charge < -0.3 is 5.73 Å². The van der Waals surface area contributed by atoms with Crippen LogP contribution in [0.15, 0.2) is 24.3 Å². The van der Waals surface area contributed by atoms with Crippen LogP contribution >= 0.6 is 0 Å². The Hall–Kier alpha value is -1.91. The first kappa shape index (κ1) is 9.64. The maximum Gasteiger partial charge on any atom is 0.192 e. The van der Waals surface area contributed by atoms with Gasteiger partial charge in [0.15, 0.2) is 11.6 Å². The molecule has 0 unspecified atom stereocenters. The number of nitrogens with two attached hydrogens (primary N) is 1. The van der Waals surface area contributed by atoms with E-state index in [0.717, 1.165) is 0 Å².